The molecule has 0 saturated heterocycles. The van der Waals surface area contributed by atoms with E-state index >= 15 is 0 Å². The molecule has 0 spiro atoms. The number of benzene rings is 2. The second-order valence-corrected chi connectivity index (χ2v) is 10.3. The summed E-state index contributed by atoms with van der Waals surface area (Å²) in [7, 11) is 3.10. The number of pyridine rings is 1. The molecule has 0 amide bonds. The lowest BCUT2D eigenvalue weighted by Gasteiger charge is -2.20. The van der Waals surface area contributed by atoms with Crippen LogP contribution in [-0.4, -0.2) is 30.8 Å². The molecule has 11 heteroatoms. The maximum Gasteiger partial charge on any atom is 0.348 e. The van der Waals surface area contributed by atoms with Gasteiger partial charge in [-0.25, -0.2) is 9.78 Å². The topological polar surface area (TPSA) is 121 Å². The highest BCUT2D eigenvalue weighted by molar-refractivity contribution is 7.13. The van der Waals surface area contributed by atoms with Gasteiger partial charge in [0.1, 0.15) is 21.0 Å². The van der Waals surface area contributed by atoms with Crippen LogP contribution in [0.5, 0.6) is 11.5 Å². The number of rotatable bonds is 11. The molecule has 0 bridgehead atoms. The van der Waals surface area contributed by atoms with Gasteiger partial charge in [0.15, 0.2) is 23.9 Å². The zero-order valence-electron chi connectivity index (χ0n) is 21.2. The lowest BCUT2D eigenvalue weighted by molar-refractivity contribution is -0.377. The largest absolute Gasteiger partial charge is 0.870 e. The van der Waals surface area contributed by atoms with E-state index in [1.165, 1.54) is 11.3 Å². The number of anilines is 1. The highest BCUT2D eigenvalue weighted by atomic mass is 35.5. The maximum atomic E-state index is 13.3. The number of halogens is 2. The molecule has 4 aromatic rings. The number of carbonyl (C=O) groups excluding carboxylic acids is 1. The first kappa shape index (κ1) is 30.2. The van der Waals surface area contributed by atoms with Crippen LogP contribution in [0.4, 0.5) is 5.69 Å². The Balaban J connectivity index is 0.00000420. The van der Waals surface area contributed by atoms with Crippen LogP contribution < -0.4 is 19.8 Å². The van der Waals surface area contributed by atoms with Crippen molar-refractivity contribution in [1.29, 1.82) is 0 Å². The number of hydrogen-bond donors (Lipinski definition) is 2. The van der Waals surface area contributed by atoms with Gasteiger partial charge in [-0.05, 0) is 35.9 Å². The van der Waals surface area contributed by atoms with Crippen molar-refractivity contribution in [2.24, 2.45) is 0 Å². The van der Waals surface area contributed by atoms with Gasteiger partial charge in [0.05, 0.1) is 20.8 Å². The van der Waals surface area contributed by atoms with E-state index in [4.69, 9.17) is 37.4 Å². The number of ether oxygens (including phenoxy) is 3. The van der Waals surface area contributed by atoms with Crippen LogP contribution >= 0.6 is 34.5 Å². The first-order valence-electron chi connectivity index (χ1n) is 11.7. The zero-order valence-corrected chi connectivity index (χ0v) is 23.6. The van der Waals surface area contributed by atoms with E-state index in [9.17, 15) is 9.90 Å². The van der Waals surface area contributed by atoms with E-state index in [1.54, 1.807) is 44.8 Å². The molecule has 1 atom stereocenters. The van der Waals surface area contributed by atoms with Gasteiger partial charge < -0.3 is 30.1 Å². The number of aromatic nitrogens is 1. The fraction of sp³-hybridized carbons (Fsp3) is 0.214. The second-order valence-electron chi connectivity index (χ2n) is 8.28. The summed E-state index contributed by atoms with van der Waals surface area (Å²) in [5.41, 5.74) is 3.00. The summed E-state index contributed by atoms with van der Waals surface area (Å²) in [5.74, 6) is 0.605. The second kappa shape index (κ2) is 14.2. The number of hydrogen-bond acceptors (Lipinski definition) is 8. The Morgan fingerprint density at radius 2 is 1.74 bits per heavy atom. The molecule has 0 aliphatic carbocycles. The predicted molar refractivity (Wildman–Crippen MR) is 150 cm³/mol. The number of aliphatic hydroxyl groups is 1. The molecule has 39 heavy (non-hydrogen) atoms. The standard InChI is InChI=1S/C28H26Cl2N2O5S.H2O/c1-35-24-9-7-17(11-26(24)36-2)25(12-20-21(29)14-31-15-22(20)30)37-28(34)27-10-8-19(38-27)13-32-23-6-4-3-5-18(23)16-33;/h3-11,14-15,25,32-33H,12-13,16H2,1-2H3;1H2/t25-;/m0./s1. The van der Waals surface area contributed by atoms with E-state index < -0.39 is 12.1 Å². The Morgan fingerprint density at radius 1 is 1.03 bits per heavy atom. The average molecular weight is 592 g/mol. The lowest BCUT2D eigenvalue weighted by Crippen LogP contribution is -2.15. The van der Waals surface area contributed by atoms with Crippen LogP contribution in [0, 0.1) is 0 Å². The number of nitrogens with one attached hydrogen (secondary N) is 2. The van der Waals surface area contributed by atoms with Crippen LogP contribution in [0.1, 0.15) is 37.3 Å². The van der Waals surface area contributed by atoms with Gasteiger partial charge in [-0.3, -0.25) is 0 Å². The molecule has 0 fully saturated rings. The van der Waals surface area contributed by atoms with Crippen molar-refractivity contribution in [2.75, 3.05) is 19.5 Å². The first-order chi connectivity index (χ1) is 18.4. The molecular weight excluding hydrogens is 563 g/mol. The molecule has 2 heterocycles. The van der Waals surface area contributed by atoms with Crippen molar-refractivity contribution < 1.29 is 34.6 Å². The van der Waals surface area contributed by atoms with Gasteiger partial charge in [0.2, 0.25) is 0 Å². The summed E-state index contributed by atoms with van der Waals surface area (Å²) in [6, 6.07) is 16.5. The number of esters is 1. The van der Waals surface area contributed by atoms with Crippen LogP contribution in [-0.2, 0) is 24.3 Å². The molecule has 206 valence electrons. The number of carbonyl (C=O) groups is 1. The first-order valence-corrected chi connectivity index (χ1v) is 13.3. The monoisotopic (exact) mass is 590 g/mol. The zero-order chi connectivity index (χ0) is 27.1. The summed E-state index contributed by atoms with van der Waals surface area (Å²) in [5, 5.41) is 13.7. The molecular formula is C28H28Cl2N2O6S. The fourth-order valence-electron chi connectivity index (χ4n) is 3.92. The van der Waals surface area contributed by atoms with Gasteiger partial charge in [-0.1, -0.05) is 47.5 Å². The molecule has 0 radical (unpaired) electrons. The van der Waals surface area contributed by atoms with Crippen molar-refractivity contribution in [3.63, 3.8) is 0 Å². The van der Waals surface area contributed by atoms with Crippen LogP contribution in [0.15, 0.2) is 67.0 Å². The Hall–Kier alpha value is -3.34. The van der Waals surface area contributed by atoms with Crippen molar-refractivity contribution in [2.45, 2.75) is 25.7 Å². The smallest absolute Gasteiger partial charge is 0.348 e. The minimum absolute atomic E-state index is 0. The molecule has 4 rings (SSSR count). The Morgan fingerprint density at radius 3 is 2.44 bits per heavy atom. The molecule has 2 aromatic carbocycles. The van der Waals surface area contributed by atoms with Crippen LogP contribution in [0.3, 0.4) is 0 Å². The van der Waals surface area contributed by atoms with Crippen molar-refractivity contribution in [1.82, 2.24) is 0 Å². The maximum absolute atomic E-state index is 13.3. The Labute approximate surface area is 240 Å². The third-order valence-electron chi connectivity index (χ3n) is 5.92. The molecule has 0 aliphatic heterocycles. The Bertz CT molecular complexity index is 1390. The predicted octanol–water partition coefficient (Wildman–Crippen LogP) is 5.95. The molecule has 0 unspecified atom stereocenters. The fourth-order valence-corrected chi connectivity index (χ4v) is 5.28. The molecule has 2 aromatic heterocycles. The van der Waals surface area contributed by atoms with Crippen molar-refractivity contribution in [3.05, 3.63) is 103 Å². The third kappa shape index (κ3) is 7.40. The minimum atomic E-state index is -0.695. The number of methoxy groups -OCH3 is 2. The van der Waals surface area contributed by atoms with Gasteiger partial charge in [0.25, 0.3) is 0 Å². The lowest BCUT2D eigenvalue weighted by atomic mass is 10.0. The molecule has 0 aliphatic rings. The Kier molecular flexibility index (Phi) is 11.0. The van der Waals surface area contributed by atoms with Gasteiger partial charge in [-0.15, -0.1) is 11.3 Å². The van der Waals surface area contributed by atoms with Crippen molar-refractivity contribution >= 4 is 46.2 Å². The van der Waals surface area contributed by atoms with E-state index in [-0.39, 0.29) is 18.5 Å². The van der Waals surface area contributed by atoms with Crippen LogP contribution in [0.25, 0.3) is 0 Å². The molecule has 4 N–H and O–H groups in total. The highest BCUT2D eigenvalue weighted by Gasteiger charge is 2.24. The van der Waals surface area contributed by atoms with E-state index in [1.807, 2.05) is 36.4 Å². The SMILES string of the molecule is COc1ccc([C@H](Cc2c(Cl)c[nH+]cc2Cl)OC(=O)c2ccc(CNc3ccccc3CO)s2)cc1OC.[OH-]. The number of aromatic amines is 1. The van der Waals surface area contributed by atoms with Gasteiger partial charge in [-0.2, -0.15) is 0 Å². The molecule has 8 nitrogen and oxygen atoms in total. The minimum Gasteiger partial charge on any atom is -0.870 e. The summed E-state index contributed by atoms with van der Waals surface area (Å²) in [6.45, 7) is 0.440. The summed E-state index contributed by atoms with van der Waals surface area (Å²) >= 11 is 14.2. The summed E-state index contributed by atoms with van der Waals surface area (Å²) < 4.78 is 16.8. The quantitative estimate of drug-likeness (QED) is 0.207. The van der Waals surface area contributed by atoms with Crippen molar-refractivity contribution in [3.8, 4) is 11.5 Å². The highest BCUT2D eigenvalue weighted by Crippen LogP contribution is 2.35. The van der Waals surface area contributed by atoms with E-state index in [0.29, 0.717) is 44.1 Å². The number of para-hydroxylation sites is 1. The summed E-state index contributed by atoms with van der Waals surface area (Å²) in [6.07, 6.45) is 2.82. The average Bonchev–Trinajstić information content (AvgIpc) is 3.42. The van der Waals surface area contributed by atoms with Gasteiger partial charge >= 0.3 is 5.97 Å². The number of aliphatic hydroxyl groups excluding tert-OH is 1. The van der Waals surface area contributed by atoms with Crippen LogP contribution in [0.2, 0.25) is 10.0 Å². The third-order valence-corrected chi connectivity index (χ3v) is 7.66. The van der Waals surface area contributed by atoms with E-state index in [0.717, 1.165) is 16.1 Å². The summed E-state index contributed by atoms with van der Waals surface area (Å²) in [4.78, 5) is 17.6. The van der Waals surface area contributed by atoms with E-state index in [2.05, 4.69) is 10.3 Å². The number of H-pyrrole nitrogens is 1. The molecule has 0 saturated carbocycles. The van der Waals surface area contributed by atoms with Gasteiger partial charge in [0, 0.05) is 34.7 Å². The number of thiophene rings is 1. The normalized spacial score (nSPS) is 11.3.